The second-order valence-corrected chi connectivity index (χ2v) is 4.19. The molecule has 5 nitrogen and oxygen atoms in total. The van der Waals surface area contributed by atoms with Crippen molar-refractivity contribution in [2.24, 2.45) is 0 Å². The number of hydrogen-bond donors (Lipinski definition) is 3. The summed E-state index contributed by atoms with van der Waals surface area (Å²) in [5.41, 5.74) is 2.17. The molecule has 1 rings (SSSR count). The molecule has 0 aliphatic rings. The summed E-state index contributed by atoms with van der Waals surface area (Å²) in [7, 11) is 0. The van der Waals surface area contributed by atoms with Crippen molar-refractivity contribution in [2.45, 2.75) is 26.3 Å². The van der Waals surface area contributed by atoms with E-state index in [1.807, 2.05) is 19.1 Å². The van der Waals surface area contributed by atoms with Crippen LogP contribution in [0.1, 0.15) is 27.9 Å². The van der Waals surface area contributed by atoms with Crippen molar-refractivity contribution < 1.29 is 19.8 Å². The molecule has 1 aromatic carbocycles. The maximum atomic E-state index is 12.0. The highest BCUT2D eigenvalue weighted by atomic mass is 16.4. The topological polar surface area (TPSA) is 86.6 Å². The lowest BCUT2D eigenvalue weighted by Crippen LogP contribution is -2.41. The summed E-state index contributed by atoms with van der Waals surface area (Å²) in [6.45, 7) is 3.36. The monoisotopic (exact) mass is 251 g/mol. The van der Waals surface area contributed by atoms with Gasteiger partial charge < -0.3 is 15.5 Å². The summed E-state index contributed by atoms with van der Waals surface area (Å²) in [6.07, 6.45) is -0.00800. The van der Waals surface area contributed by atoms with Crippen molar-refractivity contribution in [1.29, 1.82) is 0 Å². The molecule has 1 amide bonds. The molecule has 1 atom stereocenters. The third-order valence-corrected chi connectivity index (χ3v) is 2.66. The molecule has 0 saturated heterocycles. The number of carbonyl (C=O) groups excluding carboxylic acids is 1. The van der Waals surface area contributed by atoms with E-state index in [1.165, 1.54) is 0 Å². The third-order valence-electron chi connectivity index (χ3n) is 2.66. The molecule has 0 radical (unpaired) electrons. The van der Waals surface area contributed by atoms with E-state index in [0.29, 0.717) is 5.56 Å². The van der Waals surface area contributed by atoms with Crippen LogP contribution < -0.4 is 5.32 Å². The van der Waals surface area contributed by atoms with Crippen LogP contribution in [0.3, 0.4) is 0 Å². The highest BCUT2D eigenvalue weighted by Gasteiger charge is 2.20. The summed E-state index contributed by atoms with van der Waals surface area (Å²) in [4.78, 5) is 22.8. The maximum Gasteiger partial charge on any atom is 0.326 e. The van der Waals surface area contributed by atoms with Crippen molar-refractivity contribution in [1.82, 2.24) is 5.32 Å². The Hall–Kier alpha value is -1.88. The quantitative estimate of drug-likeness (QED) is 0.724. The Morgan fingerprint density at radius 3 is 2.56 bits per heavy atom. The first-order valence-electron chi connectivity index (χ1n) is 5.67. The number of aryl methyl sites for hydroxylation is 2. The van der Waals surface area contributed by atoms with Crippen LogP contribution in [0.4, 0.5) is 0 Å². The summed E-state index contributed by atoms with van der Waals surface area (Å²) in [6, 6.07) is 4.34. The molecule has 0 bridgehead atoms. The van der Waals surface area contributed by atoms with E-state index >= 15 is 0 Å². The summed E-state index contributed by atoms with van der Waals surface area (Å²) >= 11 is 0. The first kappa shape index (κ1) is 14.2. The average Bonchev–Trinajstić information content (AvgIpc) is 2.31. The van der Waals surface area contributed by atoms with Crippen LogP contribution in [0.15, 0.2) is 18.2 Å². The van der Waals surface area contributed by atoms with Gasteiger partial charge in [0.05, 0.1) is 0 Å². The van der Waals surface area contributed by atoms with Gasteiger partial charge in [0.25, 0.3) is 5.91 Å². The van der Waals surface area contributed by atoms with Gasteiger partial charge >= 0.3 is 5.97 Å². The Labute approximate surface area is 105 Å². The Morgan fingerprint density at radius 1 is 1.33 bits per heavy atom. The molecule has 98 valence electrons. The number of benzene rings is 1. The number of rotatable bonds is 5. The van der Waals surface area contributed by atoms with Crippen LogP contribution in [0.25, 0.3) is 0 Å². The van der Waals surface area contributed by atoms with Crippen LogP contribution in [0, 0.1) is 13.8 Å². The fraction of sp³-hybridized carbons (Fsp3) is 0.385. The van der Waals surface area contributed by atoms with Crippen molar-refractivity contribution >= 4 is 11.9 Å². The van der Waals surface area contributed by atoms with Crippen molar-refractivity contribution in [3.05, 3.63) is 34.9 Å². The molecular weight excluding hydrogens is 234 g/mol. The Morgan fingerprint density at radius 2 is 2.00 bits per heavy atom. The number of aliphatic hydroxyl groups is 1. The molecule has 0 unspecified atom stereocenters. The molecule has 3 N–H and O–H groups in total. The zero-order valence-corrected chi connectivity index (χ0v) is 10.4. The number of nitrogens with one attached hydrogen (secondary N) is 1. The Bertz CT molecular complexity index is 456. The van der Waals surface area contributed by atoms with E-state index in [1.54, 1.807) is 13.0 Å². The van der Waals surface area contributed by atoms with Crippen LogP contribution in [0.2, 0.25) is 0 Å². The number of aliphatic carboxylic acids is 1. The number of carboxylic acid groups (broad SMARTS) is 1. The lowest BCUT2D eigenvalue weighted by atomic mass is 10.0. The summed E-state index contributed by atoms with van der Waals surface area (Å²) in [5, 5.41) is 20.1. The summed E-state index contributed by atoms with van der Waals surface area (Å²) in [5.74, 6) is -1.58. The molecule has 0 heterocycles. The second-order valence-electron chi connectivity index (χ2n) is 4.19. The van der Waals surface area contributed by atoms with Crippen molar-refractivity contribution in [3.8, 4) is 0 Å². The van der Waals surface area contributed by atoms with Gasteiger partial charge in [0, 0.05) is 18.6 Å². The second kappa shape index (κ2) is 6.16. The third kappa shape index (κ3) is 3.56. The summed E-state index contributed by atoms with van der Waals surface area (Å²) < 4.78 is 0. The standard InChI is InChI=1S/C13H17NO4/c1-8-3-4-9(2)10(7-8)12(16)14-11(5-6-15)13(17)18/h3-4,7,11,15H,5-6H2,1-2H3,(H,14,16)(H,17,18)/t11-/m0/s1. The minimum Gasteiger partial charge on any atom is -0.480 e. The normalized spacial score (nSPS) is 11.9. The number of amides is 1. The number of hydrogen-bond acceptors (Lipinski definition) is 3. The fourth-order valence-corrected chi connectivity index (χ4v) is 1.60. The average molecular weight is 251 g/mol. The minimum atomic E-state index is -1.15. The molecule has 0 saturated carbocycles. The van der Waals surface area contributed by atoms with Crippen LogP contribution in [0.5, 0.6) is 0 Å². The first-order chi connectivity index (χ1) is 8.45. The van der Waals surface area contributed by atoms with Gasteiger partial charge in [-0.3, -0.25) is 4.79 Å². The van der Waals surface area contributed by atoms with Gasteiger partial charge in [0.1, 0.15) is 6.04 Å². The predicted octanol–water partition coefficient (Wildman–Crippen LogP) is 0.869. The molecule has 0 aromatic heterocycles. The molecule has 5 heteroatoms. The highest BCUT2D eigenvalue weighted by molar-refractivity contribution is 5.97. The number of aliphatic hydroxyl groups excluding tert-OH is 1. The van der Waals surface area contributed by atoms with Gasteiger partial charge in [0.2, 0.25) is 0 Å². The van der Waals surface area contributed by atoms with Crippen LogP contribution in [-0.2, 0) is 4.79 Å². The fourth-order valence-electron chi connectivity index (χ4n) is 1.60. The van der Waals surface area contributed by atoms with Crippen molar-refractivity contribution in [2.75, 3.05) is 6.61 Å². The van der Waals surface area contributed by atoms with E-state index in [9.17, 15) is 9.59 Å². The molecule has 0 spiro atoms. The van der Waals surface area contributed by atoms with Gasteiger partial charge in [-0.25, -0.2) is 4.79 Å². The number of carboxylic acids is 1. The lowest BCUT2D eigenvalue weighted by molar-refractivity contribution is -0.139. The van der Waals surface area contributed by atoms with E-state index < -0.39 is 17.9 Å². The smallest absolute Gasteiger partial charge is 0.326 e. The zero-order chi connectivity index (χ0) is 13.7. The molecule has 0 aliphatic carbocycles. The van der Waals surface area contributed by atoms with Crippen LogP contribution in [-0.4, -0.2) is 34.7 Å². The van der Waals surface area contributed by atoms with Crippen molar-refractivity contribution in [3.63, 3.8) is 0 Å². The van der Waals surface area contributed by atoms with Gasteiger partial charge in [-0.15, -0.1) is 0 Å². The number of carbonyl (C=O) groups is 2. The first-order valence-corrected chi connectivity index (χ1v) is 5.67. The van der Waals surface area contributed by atoms with Gasteiger partial charge in [-0.2, -0.15) is 0 Å². The minimum absolute atomic E-state index is 0.00800. The van der Waals surface area contributed by atoms with Gasteiger partial charge in [-0.05, 0) is 25.5 Å². The molecular formula is C13H17NO4. The highest BCUT2D eigenvalue weighted by Crippen LogP contribution is 2.11. The van der Waals surface area contributed by atoms with Gasteiger partial charge in [0.15, 0.2) is 0 Å². The predicted molar refractivity (Wildman–Crippen MR) is 66.5 cm³/mol. The Balaban J connectivity index is 2.86. The van der Waals surface area contributed by atoms with E-state index in [-0.39, 0.29) is 13.0 Å². The van der Waals surface area contributed by atoms with E-state index in [4.69, 9.17) is 10.2 Å². The van der Waals surface area contributed by atoms with E-state index in [0.717, 1.165) is 11.1 Å². The maximum absolute atomic E-state index is 12.0. The molecule has 0 fully saturated rings. The SMILES string of the molecule is Cc1ccc(C)c(C(=O)N[C@@H](CCO)C(=O)O)c1. The largest absolute Gasteiger partial charge is 0.480 e. The van der Waals surface area contributed by atoms with E-state index in [2.05, 4.69) is 5.32 Å². The molecule has 0 aliphatic heterocycles. The lowest BCUT2D eigenvalue weighted by Gasteiger charge is -2.14. The zero-order valence-electron chi connectivity index (χ0n) is 10.4. The molecule has 1 aromatic rings. The van der Waals surface area contributed by atoms with Gasteiger partial charge in [-0.1, -0.05) is 17.7 Å². The molecule has 18 heavy (non-hydrogen) atoms. The van der Waals surface area contributed by atoms with Crippen LogP contribution >= 0.6 is 0 Å². The Kier molecular flexibility index (Phi) is 4.85.